The van der Waals surface area contributed by atoms with Gasteiger partial charge in [0, 0.05) is 25.3 Å². The highest BCUT2D eigenvalue weighted by molar-refractivity contribution is 5.72. The zero-order valence-corrected chi connectivity index (χ0v) is 13.2. The average molecular weight is 293 g/mol. The van der Waals surface area contributed by atoms with Crippen molar-refractivity contribution in [3.63, 3.8) is 0 Å². The third kappa shape index (κ3) is 4.56. The summed E-state index contributed by atoms with van der Waals surface area (Å²) in [5, 5.41) is 7.94. The Kier molecular flexibility index (Phi) is 6.23. The molecule has 0 radical (unpaired) electrons. The molecule has 1 aliphatic rings. The normalized spacial score (nSPS) is 22.2. The van der Waals surface area contributed by atoms with Gasteiger partial charge in [-0.15, -0.1) is 0 Å². The maximum Gasteiger partial charge on any atom is 0.308 e. The largest absolute Gasteiger partial charge is 0.466 e. The Morgan fingerprint density at radius 2 is 2.14 bits per heavy atom. The summed E-state index contributed by atoms with van der Waals surface area (Å²) in [5.74, 6) is 0.0885. The van der Waals surface area contributed by atoms with Gasteiger partial charge in [0.2, 0.25) is 0 Å². The van der Waals surface area contributed by atoms with Crippen LogP contribution in [-0.2, 0) is 22.6 Å². The van der Waals surface area contributed by atoms with Crippen molar-refractivity contribution in [3.8, 4) is 0 Å². The average Bonchev–Trinajstić information content (AvgIpc) is 2.94. The van der Waals surface area contributed by atoms with Crippen molar-refractivity contribution < 1.29 is 9.53 Å². The molecule has 0 aliphatic heterocycles. The van der Waals surface area contributed by atoms with E-state index in [1.807, 2.05) is 13.1 Å². The number of hydrogen-bond donors (Lipinski definition) is 1. The molecule has 1 saturated carbocycles. The summed E-state index contributed by atoms with van der Waals surface area (Å²) in [4.78, 5) is 11.7. The number of hydrogen-bond acceptors (Lipinski definition) is 4. The van der Waals surface area contributed by atoms with Crippen LogP contribution in [0.3, 0.4) is 0 Å². The molecule has 0 atom stereocenters. The predicted molar refractivity (Wildman–Crippen MR) is 81.7 cm³/mol. The lowest BCUT2D eigenvalue weighted by atomic mass is 9.86. The van der Waals surface area contributed by atoms with Crippen LogP contribution in [0.2, 0.25) is 0 Å². The van der Waals surface area contributed by atoms with Gasteiger partial charge in [-0.1, -0.05) is 6.92 Å². The van der Waals surface area contributed by atoms with E-state index in [4.69, 9.17) is 4.74 Å². The number of carbonyl (C=O) groups excluding carboxylic acids is 1. The Bertz CT molecular complexity index is 436. The lowest BCUT2D eigenvalue weighted by Crippen LogP contribution is -2.35. The summed E-state index contributed by atoms with van der Waals surface area (Å²) in [5.41, 5.74) is 1.24. The molecule has 5 nitrogen and oxygen atoms in total. The van der Waals surface area contributed by atoms with Crippen molar-refractivity contribution in [2.75, 3.05) is 6.61 Å². The zero-order chi connectivity index (χ0) is 15.1. The first-order valence-corrected chi connectivity index (χ1v) is 8.15. The minimum absolute atomic E-state index is 0.0167. The summed E-state index contributed by atoms with van der Waals surface area (Å²) in [6.45, 7) is 6.34. The highest BCUT2D eigenvalue weighted by atomic mass is 16.5. The van der Waals surface area contributed by atoms with E-state index in [2.05, 4.69) is 28.1 Å². The molecule has 5 heteroatoms. The summed E-state index contributed by atoms with van der Waals surface area (Å²) in [6.07, 6.45) is 6.93. The van der Waals surface area contributed by atoms with Crippen LogP contribution in [0.5, 0.6) is 0 Å². The van der Waals surface area contributed by atoms with Gasteiger partial charge in [0.1, 0.15) is 0 Å². The van der Waals surface area contributed by atoms with Crippen molar-refractivity contribution in [2.45, 2.75) is 65.1 Å². The lowest BCUT2D eigenvalue weighted by Gasteiger charge is -2.28. The van der Waals surface area contributed by atoms with E-state index in [0.717, 1.165) is 45.2 Å². The van der Waals surface area contributed by atoms with Gasteiger partial charge in [0.05, 0.1) is 18.2 Å². The second kappa shape index (κ2) is 8.17. The SMILES string of the molecule is CCCn1nccc1CNC1CCC(C(=O)OCC)CC1. The molecule has 0 amide bonds. The summed E-state index contributed by atoms with van der Waals surface area (Å²) < 4.78 is 7.17. The minimum atomic E-state index is -0.0167. The first-order chi connectivity index (χ1) is 10.2. The maximum atomic E-state index is 11.7. The summed E-state index contributed by atoms with van der Waals surface area (Å²) in [6, 6.07) is 2.58. The number of rotatable bonds is 7. The number of aryl methyl sites for hydroxylation is 1. The molecule has 2 rings (SSSR count). The van der Waals surface area contributed by atoms with Crippen molar-refractivity contribution in [1.29, 1.82) is 0 Å². The Hall–Kier alpha value is -1.36. The molecule has 118 valence electrons. The molecule has 0 aromatic carbocycles. The van der Waals surface area contributed by atoms with E-state index in [1.54, 1.807) is 0 Å². The van der Waals surface area contributed by atoms with Gasteiger partial charge < -0.3 is 10.1 Å². The highest BCUT2D eigenvalue weighted by Crippen LogP contribution is 2.25. The van der Waals surface area contributed by atoms with Gasteiger partial charge in [0.15, 0.2) is 0 Å². The Balaban J connectivity index is 1.73. The second-order valence-electron chi connectivity index (χ2n) is 5.73. The first-order valence-electron chi connectivity index (χ1n) is 8.15. The van der Waals surface area contributed by atoms with Crippen LogP contribution in [0.25, 0.3) is 0 Å². The molecule has 1 aliphatic carbocycles. The van der Waals surface area contributed by atoms with E-state index in [-0.39, 0.29) is 11.9 Å². The van der Waals surface area contributed by atoms with Gasteiger partial charge in [-0.25, -0.2) is 0 Å². The monoisotopic (exact) mass is 293 g/mol. The standard InChI is InChI=1S/C16H27N3O2/c1-3-11-19-15(9-10-18-19)12-17-14-7-5-13(6-8-14)16(20)21-4-2/h9-10,13-14,17H,3-8,11-12H2,1-2H3. The molecular weight excluding hydrogens is 266 g/mol. The number of aromatic nitrogens is 2. The van der Waals surface area contributed by atoms with E-state index >= 15 is 0 Å². The van der Waals surface area contributed by atoms with Crippen LogP contribution in [0.1, 0.15) is 51.6 Å². The smallest absolute Gasteiger partial charge is 0.308 e. The van der Waals surface area contributed by atoms with Crippen molar-refractivity contribution in [2.24, 2.45) is 5.92 Å². The van der Waals surface area contributed by atoms with Gasteiger partial charge in [-0.05, 0) is 45.1 Å². The second-order valence-corrected chi connectivity index (χ2v) is 5.73. The third-order valence-corrected chi connectivity index (χ3v) is 4.16. The van der Waals surface area contributed by atoms with Crippen LogP contribution >= 0.6 is 0 Å². The molecule has 0 bridgehead atoms. The molecule has 1 fully saturated rings. The predicted octanol–water partition coefficient (Wildman–Crippen LogP) is 2.50. The van der Waals surface area contributed by atoms with E-state index < -0.39 is 0 Å². The number of esters is 1. The third-order valence-electron chi connectivity index (χ3n) is 4.16. The number of nitrogens with one attached hydrogen (secondary N) is 1. The molecule has 0 unspecified atom stereocenters. The zero-order valence-electron chi connectivity index (χ0n) is 13.2. The fraction of sp³-hybridized carbons (Fsp3) is 0.750. The van der Waals surface area contributed by atoms with Gasteiger partial charge in [0.25, 0.3) is 0 Å². The molecule has 21 heavy (non-hydrogen) atoms. The number of ether oxygens (including phenoxy) is 1. The van der Waals surface area contributed by atoms with E-state index in [9.17, 15) is 4.79 Å². The first kappa shape index (κ1) is 16.0. The molecule has 1 aromatic rings. The molecule has 1 heterocycles. The lowest BCUT2D eigenvalue weighted by molar-refractivity contribution is -0.149. The quantitative estimate of drug-likeness (QED) is 0.785. The van der Waals surface area contributed by atoms with Crippen LogP contribution in [0.4, 0.5) is 0 Å². The van der Waals surface area contributed by atoms with Gasteiger partial charge in [-0.3, -0.25) is 9.48 Å². The Morgan fingerprint density at radius 1 is 1.38 bits per heavy atom. The van der Waals surface area contributed by atoms with Crippen LogP contribution < -0.4 is 5.32 Å². The minimum Gasteiger partial charge on any atom is -0.466 e. The fourth-order valence-electron chi connectivity index (χ4n) is 2.97. The Morgan fingerprint density at radius 3 is 2.81 bits per heavy atom. The topological polar surface area (TPSA) is 56.2 Å². The van der Waals surface area contributed by atoms with Crippen molar-refractivity contribution in [1.82, 2.24) is 15.1 Å². The maximum absolute atomic E-state index is 11.7. The Labute approximate surface area is 127 Å². The van der Waals surface area contributed by atoms with Crippen LogP contribution in [0, 0.1) is 5.92 Å². The molecular formula is C16H27N3O2. The summed E-state index contributed by atoms with van der Waals surface area (Å²) >= 11 is 0. The molecule has 0 spiro atoms. The van der Waals surface area contributed by atoms with Gasteiger partial charge in [-0.2, -0.15) is 5.10 Å². The van der Waals surface area contributed by atoms with Crippen LogP contribution in [0.15, 0.2) is 12.3 Å². The number of carbonyl (C=O) groups is 1. The van der Waals surface area contributed by atoms with E-state index in [0.29, 0.717) is 12.6 Å². The molecule has 1 N–H and O–H groups in total. The molecule has 0 saturated heterocycles. The van der Waals surface area contributed by atoms with Crippen LogP contribution in [-0.4, -0.2) is 28.4 Å². The molecule has 1 aromatic heterocycles. The van der Waals surface area contributed by atoms with Gasteiger partial charge >= 0.3 is 5.97 Å². The van der Waals surface area contributed by atoms with Crippen molar-refractivity contribution >= 4 is 5.97 Å². The highest BCUT2D eigenvalue weighted by Gasteiger charge is 2.26. The van der Waals surface area contributed by atoms with Crippen molar-refractivity contribution in [3.05, 3.63) is 18.0 Å². The summed E-state index contributed by atoms with van der Waals surface area (Å²) in [7, 11) is 0. The fourth-order valence-corrected chi connectivity index (χ4v) is 2.97. The van der Waals surface area contributed by atoms with E-state index in [1.165, 1.54) is 5.69 Å². The number of nitrogens with zero attached hydrogens (tertiary/aromatic N) is 2.